The molecule has 3 fully saturated rings. The van der Waals surface area contributed by atoms with E-state index in [4.69, 9.17) is 19.9 Å². The molecule has 4 aromatic rings. The maximum atomic E-state index is 16.5. The lowest BCUT2D eigenvalue weighted by atomic mass is 9.93. The van der Waals surface area contributed by atoms with Crippen LogP contribution >= 0.6 is 11.3 Å². The number of halogens is 3. The molecule has 0 saturated carbocycles. The molecule has 0 amide bonds. The number of hydrogen-bond donors (Lipinski definition) is 1. The normalized spacial score (nSPS) is 21.3. The number of anilines is 2. The van der Waals surface area contributed by atoms with Gasteiger partial charge in [0.2, 0.25) is 0 Å². The molecule has 0 spiro atoms. The Hall–Kier alpha value is -3.77. The van der Waals surface area contributed by atoms with Gasteiger partial charge in [-0.3, -0.25) is 9.88 Å². The number of aromatic nitrogens is 3. The second-order valence-corrected chi connectivity index (χ2v) is 12.3. The van der Waals surface area contributed by atoms with Crippen molar-refractivity contribution >= 4 is 43.1 Å². The summed E-state index contributed by atoms with van der Waals surface area (Å²) in [5, 5.41) is 10.6. The fraction of sp³-hybridized carbons (Fsp3) is 0.467. The molecular formula is C30H30F3N7O3S. The number of nitrogens with zero attached hydrogens (tertiary/aromatic N) is 6. The summed E-state index contributed by atoms with van der Waals surface area (Å²) in [5.74, 6) is -0.764. The van der Waals surface area contributed by atoms with Gasteiger partial charge in [-0.25, -0.2) is 13.2 Å². The number of alkyl halides is 1. The number of rotatable bonds is 3. The fourth-order valence-corrected chi connectivity index (χ4v) is 7.67. The molecule has 0 bridgehead atoms. The van der Waals surface area contributed by atoms with Gasteiger partial charge in [0.25, 0.3) is 0 Å². The van der Waals surface area contributed by atoms with Crippen molar-refractivity contribution in [1.82, 2.24) is 19.9 Å². The third-order valence-corrected chi connectivity index (χ3v) is 9.78. The molecule has 8 rings (SSSR count). The van der Waals surface area contributed by atoms with Gasteiger partial charge in [-0.15, -0.1) is 11.3 Å². The SMILES string of the molecule is COc1nc(N2CCOCC2)c2c3c(c(-c4ncc(F)c5sc(N)c(C#N)c45)c(F)c2n1)COC3.FC1CC2CCCN2C1. The topological polar surface area (TPSA) is 123 Å². The van der Waals surface area contributed by atoms with E-state index in [2.05, 4.69) is 19.9 Å². The van der Waals surface area contributed by atoms with Gasteiger partial charge < -0.3 is 24.8 Å². The van der Waals surface area contributed by atoms with Crippen LogP contribution in [0.1, 0.15) is 36.0 Å². The van der Waals surface area contributed by atoms with Gasteiger partial charge >= 0.3 is 6.01 Å². The highest BCUT2D eigenvalue weighted by Crippen LogP contribution is 2.46. The van der Waals surface area contributed by atoms with E-state index in [1.807, 2.05) is 11.0 Å². The minimum absolute atomic E-state index is 0.0115. The Morgan fingerprint density at radius 2 is 1.91 bits per heavy atom. The van der Waals surface area contributed by atoms with Crippen LogP contribution in [0.5, 0.6) is 6.01 Å². The van der Waals surface area contributed by atoms with Gasteiger partial charge in [0, 0.05) is 36.6 Å². The van der Waals surface area contributed by atoms with Gasteiger partial charge in [0.15, 0.2) is 11.6 Å². The summed E-state index contributed by atoms with van der Waals surface area (Å²) in [4.78, 5) is 17.4. The van der Waals surface area contributed by atoms with Crippen molar-refractivity contribution in [3.63, 3.8) is 0 Å². The first-order valence-corrected chi connectivity index (χ1v) is 15.4. The summed E-state index contributed by atoms with van der Waals surface area (Å²) in [7, 11) is 1.41. The van der Waals surface area contributed by atoms with Crippen LogP contribution in [0.15, 0.2) is 6.20 Å². The highest BCUT2D eigenvalue weighted by atomic mass is 32.1. The fourth-order valence-electron chi connectivity index (χ4n) is 6.75. The van der Waals surface area contributed by atoms with Crippen LogP contribution in [-0.2, 0) is 22.7 Å². The van der Waals surface area contributed by atoms with Crippen LogP contribution in [0, 0.1) is 23.0 Å². The Kier molecular flexibility index (Phi) is 7.65. The average Bonchev–Trinajstić information content (AvgIpc) is 3.82. The molecule has 14 heteroatoms. The van der Waals surface area contributed by atoms with Crippen LogP contribution in [0.2, 0.25) is 0 Å². The number of methoxy groups -OCH3 is 1. The van der Waals surface area contributed by atoms with Gasteiger partial charge in [0.05, 0.1) is 61.1 Å². The molecule has 3 aromatic heterocycles. The monoisotopic (exact) mass is 625 g/mol. The van der Waals surface area contributed by atoms with Gasteiger partial charge in [-0.2, -0.15) is 15.2 Å². The van der Waals surface area contributed by atoms with E-state index in [0.29, 0.717) is 55.7 Å². The van der Waals surface area contributed by atoms with Crippen molar-refractivity contribution in [2.24, 2.45) is 0 Å². The van der Waals surface area contributed by atoms with E-state index in [1.54, 1.807) is 0 Å². The van der Waals surface area contributed by atoms with E-state index in [9.17, 15) is 14.0 Å². The predicted octanol–water partition coefficient (Wildman–Crippen LogP) is 4.71. The maximum absolute atomic E-state index is 16.5. The first kappa shape index (κ1) is 29.0. The van der Waals surface area contributed by atoms with Crippen LogP contribution in [0.3, 0.4) is 0 Å². The second kappa shape index (κ2) is 11.6. The Balaban J connectivity index is 0.000000296. The number of thiophene rings is 1. The molecule has 44 heavy (non-hydrogen) atoms. The molecule has 2 unspecified atom stereocenters. The Morgan fingerprint density at radius 3 is 2.66 bits per heavy atom. The largest absolute Gasteiger partial charge is 0.467 e. The summed E-state index contributed by atoms with van der Waals surface area (Å²) < 4.78 is 60.3. The second-order valence-electron chi connectivity index (χ2n) is 11.2. The number of benzene rings is 1. The van der Waals surface area contributed by atoms with Crippen molar-refractivity contribution in [2.75, 3.05) is 57.1 Å². The first-order chi connectivity index (χ1) is 21.4. The van der Waals surface area contributed by atoms with Gasteiger partial charge in [-0.1, -0.05) is 0 Å². The lowest BCUT2D eigenvalue weighted by Crippen LogP contribution is -2.37. The molecule has 10 nitrogen and oxygen atoms in total. The van der Waals surface area contributed by atoms with Crippen molar-refractivity contribution < 1.29 is 27.4 Å². The van der Waals surface area contributed by atoms with Crippen molar-refractivity contribution in [3.8, 4) is 23.3 Å². The molecule has 4 aliphatic heterocycles. The number of fused-ring (bicyclic) bond motifs is 5. The van der Waals surface area contributed by atoms with E-state index >= 15 is 4.39 Å². The highest BCUT2D eigenvalue weighted by Gasteiger charge is 2.35. The molecule has 0 radical (unpaired) electrons. The molecule has 4 aliphatic rings. The van der Waals surface area contributed by atoms with Crippen molar-refractivity contribution in [2.45, 2.75) is 44.7 Å². The molecule has 3 saturated heterocycles. The molecule has 2 atom stereocenters. The summed E-state index contributed by atoms with van der Waals surface area (Å²) in [6.45, 7) is 4.38. The van der Waals surface area contributed by atoms with E-state index < -0.39 is 17.8 Å². The van der Waals surface area contributed by atoms with Crippen LogP contribution in [0.4, 0.5) is 24.0 Å². The molecule has 7 heterocycles. The summed E-state index contributed by atoms with van der Waals surface area (Å²) in [6.07, 6.45) is 3.83. The number of nitrogen functional groups attached to an aromatic ring is 1. The third-order valence-electron chi connectivity index (χ3n) is 8.75. The number of ether oxygens (including phenoxy) is 3. The minimum atomic E-state index is -0.673. The summed E-state index contributed by atoms with van der Waals surface area (Å²) in [5.41, 5.74) is 7.61. The number of hydrogen-bond acceptors (Lipinski definition) is 11. The smallest absolute Gasteiger partial charge is 0.318 e. The maximum Gasteiger partial charge on any atom is 0.318 e. The number of nitrogens with two attached hydrogens (primary N) is 1. The number of nitriles is 1. The van der Waals surface area contributed by atoms with Gasteiger partial charge in [0.1, 0.15) is 28.6 Å². The third kappa shape index (κ3) is 4.79. The standard InChI is InChI=1S/C23H18F2N6O3S.C7H12FN/c1-32-23-29-19-16(22(30-23)31-2-4-33-5-3-31)12-9-34-8-11(12)14(17(19)25)18-15-10(6-26)21(27)35-20(15)13(24)7-28-18;8-6-4-7-2-1-3-9(7)5-6/h7H,2-5,8-9,27H2,1H3;6-7H,1-5H2. The van der Waals surface area contributed by atoms with Crippen molar-refractivity contribution in [3.05, 3.63) is 34.5 Å². The molecule has 1 aromatic carbocycles. The van der Waals surface area contributed by atoms with Gasteiger partial charge in [-0.05, 0) is 36.9 Å². The lowest BCUT2D eigenvalue weighted by molar-refractivity contribution is 0.122. The van der Waals surface area contributed by atoms with E-state index in [0.717, 1.165) is 36.1 Å². The van der Waals surface area contributed by atoms with Crippen LogP contribution in [-0.4, -0.2) is 78.6 Å². The summed E-state index contributed by atoms with van der Waals surface area (Å²) in [6, 6.07) is 2.63. The predicted molar refractivity (Wildman–Crippen MR) is 159 cm³/mol. The van der Waals surface area contributed by atoms with E-state index in [1.165, 1.54) is 20.0 Å². The van der Waals surface area contributed by atoms with Crippen LogP contribution < -0.4 is 15.4 Å². The molecule has 0 aliphatic carbocycles. The average molecular weight is 626 g/mol. The summed E-state index contributed by atoms with van der Waals surface area (Å²) >= 11 is 0.931. The van der Waals surface area contributed by atoms with E-state index in [-0.39, 0.29) is 56.6 Å². The Morgan fingerprint density at radius 1 is 1.11 bits per heavy atom. The lowest BCUT2D eigenvalue weighted by Gasteiger charge is -2.29. The first-order valence-electron chi connectivity index (χ1n) is 14.5. The zero-order chi connectivity index (χ0) is 30.5. The number of morpholine rings is 1. The number of pyridine rings is 1. The molecular weight excluding hydrogens is 595 g/mol. The zero-order valence-corrected chi connectivity index (χ0v) is 24.9. The quantitative estimate of drug-likeness (QED) is 0.343. The van der Waals surface area contributed by atoms with Crippen LogP contribution in [0.25, 0.3) is 32.2 Å². The molecule has 2 N–H and O–H groups in total. The zero-order valence-electron chi connectivity index (χ0n) is 24.0. The minimum Gasteiger partial charge on any atom is -0.467 e. The highest BCUT2D eigenvalue weighted by molar-refractivity contribution is 7.23. The Bertz CT molecular complexity index is 1800. The Labute approximate surface area is 255 Å². The molecule has 230 valence electrons. The van der Waals surface area contributed by atoms with Crippen molar-refractivity contribution in [1.29, 1.82) is 5.26 Å².